The third kappa shape index (κ3) is 5.06. The van der Waals surface area contributed by atoms with Gasteiger partial charge in [0.15, 0.2) is 5.82 Å². The summed E-state index contributed by atoms with van der Waals surface area (Å²) in [5, 5.41) is 0. The molecule has 0 unspecified atom stereocenters. The van der Waals surface area contributed by atoms with Crippen molar-refractivity contribution in [3.63, 3.8) is 0 Å². The molecule has 0 fully saturated rings. The van der Waals surface area contributed by atoms with E-state index in [1.807, 2.05) is 0 Å². The number of nitrogen functional groups attached to an aromatic ring is 1. The molecular weight excluding hydrogens is 332 g/mol. The predicted molar refractivity (Wildman–Crippen MR) is 79.0 cm³/mol. The lowest BCUT2D eigenvalue weighted by Gasteiger charge is -2.11. The Morgan fingerprint density at radius 2 is 2.16 bits per heavy atom. The molecule has 0 aliphatic carbocycles. The molecule has 19 heavy (non-hydrogen) atoms. The Kier molecular flexibility index (Phi) is 6.18. The van der Waals surface area contributed by atoms with Gasteiger partial charge >= 0.3 is 0 Å². The summed E-state index contributed by atoms with van der Waals surface area (Å²) in [6.45, 7) is 4.60. The molecule has 6 nitrogen and oxygen atoms in total. The standard InChI is InChI=1S/C11H19BrN4O2S/c1-8(2)4-3-5-15-19(17,18)10-6-9(12)7-14-11(10)16-13/h6-8,15H,3-5,13H2,1-2H3,(H,14,16). The highest BCUT2D eigenvalue weighted by molar-refractivity contribution is 9.10. The van der Waals surface area contributed by atoms with E-state index >= 15 is 0 Å². The molecule has 8 heteroatoms. The van der Waals surface area contributed by atoms with Gasteiger partial charge in [0.25, 0.3) is 0 Å². The molecule has 0 amide bonds. The van der Waals surface area contributed by atoms with Gasteiger partial charge in [-0.2, -0.15) is 0 Å². The summed E-state index contributed by atoms with van der Waals surface area (Å²) in [7, 11) is -3.61. The minimum absolute atomic E-state index is 0.0360. The number of nitrogens with one attached hydrogen (secondary N) is 2. The van der Waals surface area contributed by atoms with Crippen LogP contribution < -0.4 is 16.0 Å². The van der Waals surface area contributed by atoms with Crippen molar-refractivity contribution in [2.75, 3.05) is 12.0 Å². The van der Waals surface area contributed by atoms with E-state index in [4.69, 9.17) is 5.84 Å². The second-order valence-corrected chi connectivity index (χ2v) is 7.23. The van der Waals surface area contributed by atoms with Gasteiger partial charge in [-0.15, -0.1) is 0 Å². The van der Waals surface area contributed by atoms with Crippen molar-refractivity contribution in [1.82, 2.24) is 9.71 Å². The number of hydrogen-bond acceptors (Lipinski definition) is 5. The van der Waals surface area contributed by atoms with Gasteiger partial charge in [-0.05, 0) is 40.8 Å². The summed E-state index contributed by atoms with van der Waals surface area (Å²) < 4.78 is 27.4. The Hall–Kier alpha value is -0.700. The van der Waals surface area contributed by atoms with Crippen molar-refractivity contribution in [2.24, 2.45) is 11.8 Å². The van der Waals surface area contributed by atoms with E-state index in [0.717, 1.165) is 12.8 Å². The van der Waals surface area contributed by atoms with E-state index in [2.05, 4.69) is 44.9 Å². The van der Waals surface area contributed by atoms with Gasteiger partial charge in [0.1, 0.15) is 4.90 Å². The summed E-state index contributed by atoms with van der Waals surface area (Å²) in [6.07, 6.45) is 3.25. The molecule has 0 bridgehead atoms. The zero-order valence-corrected chi connectivity index (χ0v) is 13.4. The maximum absolute atomic E-state index is 12.1. The lowest BCUT2D eigenvalue weighted by Crippen LogP contribution is -2.27. The molecule has 0 radical (unpaired) electrons. The first-order valence-electron chi connectivity index (χ1n) is 5.98. The summed E-state index contributed by atoms with van der Waals surface area (Å²) in [6, 6.07) is 1.47. The van der Waals surface area contributed by atoms with E-state index in [-0.39, 0.29) is 10.7 Å². The lowest BCUT2D eigenvalue weighted by atomic mass is 10.1. The number of pyridine rings is 1. The first-order valence-corrected chi connectivity index (χ1v) is 8.26. The van der Waals surface area contributed by atoms with Crippen molar-refractivity contribution in [2.45, 2.75) is 31.6 Å². The topological polar surface area (TPSA) is 97.1 Å². The fourth-order valence-electron chi connectivity index (χ4n) is 1.53. The fraction of sp³-hybridized carbons (Fsp3) is 0.545. The number of rotatable bonds is 7. The average molecular weight is 351 g/mol. The van der Waals surface area contributed by atoms with Crippen LogP contribution in [0.4, 0.5) is 5.82 Å². The number of sulfonamides is 1. The van der Waals surface area contributed by atoms with Crippen molar-refractivity contribution in [1.29, 1.82) is 0 Å². The molecule has 0 saturated heterocycles. The molecular formula is C11H19BrN4O2S. The summed E-state index contributed by atoms with van der Waals surface area (Å²) >= 11 is 3.20. The smallest absolute Gasteiger partial charge is 0.244 e. The van der Waals surface area contributed by atoms with E-state index < -0.39 is 10.0 Å². The second-order valence-electron chi connectivity index (χ2n) is 4.58. The number of nitrogens with zero attached hydrogens (tertiary/aromatic N) is 1. The fourth-order valence-corrected chi connectivity index (χ4v) is 3.23. The highest BCUT2D eigenvalue weighted by Crippen LogP contribution is 2.22. The quantitative estimate of drug-likeness (QED) is 0.396. The van der Waals surface area contributed by atoms with Gasteiger partial charge in [0.2, 0.25) is 10.0 Å². The van der Waals surface area contributed by atoms with E-state index in [9.17, 15) is 8.42 Å². The third-order valence-corrected chi connectivity index (χ3v) is 4.40. The lowest BCUT2D eigenvalue weighted by molar-refractivity contribution is 0.540. The van der Waals surface area contributed by atoms with Crippen molar-refractivity contribution < 1.29 is 8.42 Å². The third-order valence-electron chi connectivity index (χ3n) is 2.50. The van der Waals surface area contributed by atoms with E-state index in [1.54, 1.807) is 0 Å². The molecule has 1 aromatic rings. The first kappa shape index (κ1) is 16.4. The minimum Gasteiger partial charge on any atom is -0.307 e. The number of hydrogen-bond donors (Lipinski definition) is 3. The number of aromatic nitrogens is 1. The zero-order chi connectivity index (χ0) is 14.5. The number of halogens is 1. The van der Waals surface area contributed by atoms with Gasteiger partial charge in [-0.3, -0.25) is 0 Å². The largest absolute Gasteiger partial charge is 0.307 e. The maximum atomic E-state index is 12.1. The SMILES string of the molecule is CC(C)CCCNS(=O)(=O)c1cc(Br)cnc1NN. The molecule has 0 aromatic carbocycles. The van der Waals surface area contributed by atoms with Crippen LogP contribution in [0.1, 0.15) is 26.7 Å². The van der Waals surface area contributed by atoms with Crippen LogP contribution in [0.3, 0.4) is 0 Å². The van der Waals surface area contributed by atoms with Crippen LogP contribution in [0.15, 0.2) is 21.6 Å². The van der Waals surface area contributed by atoms with Gasteiger partial charge in [0.05, 0.1) is 0 Å². The second kappa shape index (κ2) is 7.18. The molecule has 0 atom stereocenters. The monoisotopic (exact) mass is 350 g/mol. The molecule has 4 N–H and O–H groups in total. The van der Waals surface area contributed by atoms with Gasteiger partial charge in [-0.25, -0.2) is 24.0 Å². The van der Waals surface area contributed by atoms with Crippen molar-refractivity contribution in [3.8, 4) is 0 Å². The van der Waals surface area contributed by atoms with Crippen LogP contribution in [0.5, 0.6) is 0 Å². The molecule has 1 aromatic heterocycles. The molecule has 108 valence electrons. The van der Waals surface area contributed by atoms with E-state index in [0.29, 0.717) is 16.9 Å². The molecule has 0 spiro atoms. The summed E-state index contributed by atoms with van der Waals surface area (Å²) in [4.78, 5) is 3.95. The molecule has 1 heterocycles. The van der Waals surface area contributed by atoms with Crippen LogP contribution in [-0.2, 0) is 10.0 Å². The van der Waals surface area contributed by atoms with Crippen LogP contribution in [0, 0.1) is 5.92 Å². The van der Waals surface area contributed by atoms with Crippen LogP contribution in [-0.4, -0.2) is 19.9 Å². The van der Waals surface area contributed by atoms with Gasteiger partial charge in [-0.1, -0.05) is 13.8 Å². The van der Waals surface area contributed by atoms with E-state index in [1.165, 1.54) is 12.3 Å². The zero-order valence-electron chi connectivity index (χ0n) is 11.0. The number of anilines is 1. The average Bonchev–Trinajstić information content (AvgIpc) is 2.34. The van der Waals surface area contributed by atoms with Crippen molar-refractivity contribution in [3.05, 3.63) is 16.7 Å². The maximum Gasteiger partial charge on any atom is 0.244 e. The van der Waals surface area contributed by atoms with Crippen LogP contribution in [0.2, 0.25) is 0 Å². The minimum atomic E-state index is -3.61. The number of nitrogens with two attached hydrogens (primary N) is 1. The highest BCUT2D eigenvalue weighted by atomic mass is 79.9. The summed E-state index contributed by atoms with van der Waals surface area (Å²) in [5.41, 5.74) is 2.29. The normalized spacial score (nSPS) is 11.8. The Morgan fingerprint density at radius 1 is 1.47 bits per heavy atom. The Labute approximate surface area is 122 Å². The van der Waals surface area contributed by atoms with Crippen LogP contribution >= 0.6 is 15.9 Å². The molecule has 0 saturated carbocycles. The van der Waals surface area contributed by atoms with Gasteiger partial charge in [0, 0.05) is 17.2 Å². The van der Waals surface area contributed by atoms with Crippen LogP contribution in [0.25, 0.3) is 0 Å². The Balaban J connectivity index is 2.79. The molecule has 1 rings (SSSR count). The number of hydrazine groups is 1. The predicted octanol–water partition coefficient (Wildman–Crippen LogP) is 1.84. The van der Waals surface area contributed by atoms with Gasteiger partial charge < -0.3 is 5.43 Å². The Morgan fingerprint density at radius 3 is 2.74 bits per heavy atom. The highest BCUT2D eigenvalue weighted by Gasteiger charge is 2.19. The van der Waals surface area contributed by atoms with Crippen molar-refractivity contribution >= 4 is 31.8 Å². The molecule has 0 aliphatic heterocycles. The molecule has 0 aliphatic rings. The Bertz CT molecular complexity index is 519. The first-order chi connectivity index (χ1) is 8.86. The summed E-state index contributed by atoms with van der Waals surface area (Å²) in [5.74, 6) is 5.95.